The van der Waals surface area contributed by atoms with Crippen LogP contribution in [0, 0.1) is 0 Å². The maximum absolute atomic E-state index is 13.7. The van der Waals surface area contributed by atoms with Gasteiger partial charge >= 0.3 is 5.97 Å². The van der Waals surface area contributed by atoms with E-state index in [4.69, 9.17) is 14.2 Å². The van der Waals surface area contributed by atoms with Crippen LogP contribution in [0.4, 0.5) is 0 Å². The molecule has 1 amide bonds. The van der Waals surface area contributed by atoms with E-state index in [0.717, 1.165) is 28.0 Å². The lowest BCUT2D eigenvalue weighted by molar-refractivity contribution is -0.145. The van der Waals surface area contributed by atoms with E-state index < -0.39 is 5.92 Å². The van der Waals surface area contributed by atoms with E-state index in [0.29, 0.717) is 37.4 Å². The first kappa shape index (κ1) is 28.0. The van der Waals surface area contributed by atoms with E-state index in [1.165, 1.54) is 5.56 Å². The van der Waals surface area contributed by atoms with Crippen LogP contribution in [-0.4, -0.2) is 44.1 Å². The molecule has 0 aliphatic carbocycles. The number of hydrogen-bond donors (Lipinski definition) is 0. The van der Waals surface area contributed by atoms with Crippen LogP contribution < -0.4 is 9.47 Å². The number of nitrogens with zero attached hydrogens (tertiary/aromatic N) is 1. The maximum atomic E-state index is 13.7. The predicted molar refractivity (Wildman–Crippen MR) is 159 cm³/mol. The number of carbonyl (C=O) groups excluding carboxylic acids is 2. The third kappa shape index (κ3) is 5.97. The number of fused-ring (bicyclic) bond motifs is 1. The number of benzene rings is 4. The minimum atomic E-state index is -0.546. The Hall–Kier alpha value is -4.58. The third-order valence-corrected chi connectivity index (χ3v) is 7.77. The van der Waals surface area contributed by atoms with Crippen molar-refractivity contribution in [3.8, 4) is 11.5 Å². The number of amides is 1. The molecule has 0 fully saturated rings. The largest absolute Gasteiger partial charge is 0.497 e. The Morgan fingerprint density at radius 2 is 1.44 bits per heavy atom. The summed E-state index contributed by atoms with van der Waals surface area (Å²) in [6, 6.07) is 31.2. The third-order valence-electron chi connectivity index (χ3n) is 7.77. The van der Waals surface area contributed by atoms with Crippen molar-refractivity contribution in [2.24, 2.45) is 0 Å². The fraction of sp³-hybridized carbons (Fsp3) is 0.257. The first-order valence-corrected chi connectivity index (χ1v) is 13.9. The number of hydrogen-bond acceptors (Lipinski definition) is 5. The van der Waals surface area contributed by atoms with Crippen molar-refractivity contribution in [2.45, 2.75) is 31.7 Å². The molecule has 0 spiro atoms. The first-order valence-electron chi connectivity index (χ1n) is 13.9. The Bertz CT molecular complexity index is 1480. The van der Waals surface area contributed by atoms with Crippen LogP contribution in [0.15, 0.2) is 97.1 Å². The molecule has 6 heteroatoms. The topological polar surface area (TPSA) is 65.1 Å². The lowest BCUT2D eigenvalue weighted by Gasteiger charge is -2.34. The van der Waals surface area contributed by atoms with Crippen LogP contribution >= 0.6 is 0 Å². The molecule has 1 aliphatic rings. The van der Waals surface area contributed by atoms with E-state index in [2.05, 4.69) is 12.1 Å². The molecule has 4 aromatic rings. The zero-order chi connectivity index (χ0) is 28.8. The van der Waals surface area contributed by atoms with Gasteiger partial charge in [-0.2, -0.15) is 0 Å². The van der Waals surface area contributed by atoms with Crippen molar-refractivity contribution in [1.82, 2.24) is 4.90 Å². The van der Waals surface area contributed by atoms with Crippen LogP contribution in [0.2, 0.25) is 0 Å². The highest BCUT2D eigenvalue weighted by molar-refractivity contribution is 5.94. The number of rotatable bonds is 9. The van der Waals surface area contributed by atoms with Crippen LogP contribution in [-0.2, 0) is 22.5 Å². The lowest BCUT2D eigenvalue weighted by atomic mass is 9.74. The van der Waals surface area contributed by atoms with Crippen LogP contribution in [0.3, 0.4) is 0 Å². The Morgan fingerprint density at radius 1 is 0.780 bits per heavy atom. The summed E-state index contributed by atoms with van der Waals surface area (Å²) in [5.41, 5.74) is 5.87. The number of ether oxygens (including phenoxy) is 3. The van der Waals surface area contributed by atoms with Crippen molar-refractivity contribution in [1.29, 1.82) is 0 Å². The van der Waals surface area contributed by atoms with Gasteiger partial charge in [-0.1, -0.05) is 60.7 Å². The average molecular weight is 550 g/mol. The highest BCUT2D eigenvalue weighted by Crippen LogP contribution is 2.43. The van der Waals surface area contributed by atoms with Crippen molar-refractivity contribution < 1.29 is 23.8 Å². The molecule has 6 nitrogen and oxygen atoms in total. The van der Waals surface area contributed by atoms with E-state index in [-0.39, 0.29) is 17.8 Å². The van der Waals surface area contributed by atoms with Crippen molar-refractivity contribution in [2.75, 3.05) is 27.4 Å². The number of esters is 1. The Balaban J connectivity index is 1.56. The molecular formula is C35H35NO5. The summed E-state index contributed by atoms with van der Waals surface area (Å²) in [6.07, 6.45) is 0.685. The standard InChI is InChI=1S/C35H35NO5/c1-4-41-35(38)33(24-9-6-5-7-10-24)32(25-13-17-28(39-2)18-14-25)31-12-8-11-27-23-36(22-21-30(27)31)34(37)26-15-19-29(40-3)20-16-26/h5-20,32-33H,4,21-23H2,1-3H3. The zero-order valence-electron chi connectivity index (χ0n) is 23.7. The second-order valence-corrected chi connectivity index (χ2v) is 10.1. The second-order valence-electron chi connectivity index (χ2n) is 10.1. The summed E-state index contributed by atoms with van der Waals surface area (Å²) in [5, 5.41) is 0. The summed E-state index contributed by atoms with van der Waals surface area (Å²) >= 11 is 0. The van der Waals surface area contributed by atoms with Gasteiger partial charge in [0.2, 0.25) is 0 Å². The summed E-state index contributed by atoms with van der Waals surface area (Å²) in [4.78, 5) is 28.9. The molecule has 1 aliphatic heterocycles. The van der Waals surface area contributed by atoms with Gasteiger partial charge in [-0.3, -0.25) is 9.59 Å². The summed E-state index contributed by atoms with van der Waals surface area (Å²) in [5.74, 6) is 0.362. The van der Waals surface area contributed by atoms with Crippen LogP contribution in [0.5, 0.6) is 11.5 Å². The molecule has 0 saturated heterocycles. The fourth-order valence-electron chi connectivity index (χ4n) is 5.74. The average Bonchev–Trinajstić information content (AvgIpc) is 3.03. The van der Waals surface area contributed by atoms with Gasteiger partial charge in [0.25, 0.3) is 5.91 Å². The minimum absolute atomic E-state index is 0.0101. The first-order chi connectivity index (χ1) is 20.0. The lowest BCUT2D eigenvalue weighted by Crippen LogP contribution is -2.37. The van der Waals surface area contributed by atoms with Gasteiger partial charge in [0.1, 0.15) is 11.5 Å². The van der Waals surface area contributed by atoms with Crippen LogP contribution in [0.25, 0.3) is 0 Å². The van der Waals surface area contributed by atoms with Crippen molar-refractivity contribution in [3.05, 3.63) is 130 Å². The molecular weight excluding hydrogens is 514 g/mol. The van der Waals surface area contributed by atoms with Gasteiger partial charge < -0.3 is 19.1 Å². The van der Waals surface area contributed by atoms with Gasteiger partial charge in [-0.25, -0.2) is 0 Å². The molecule has 0 radical (unpaired) electrons. The summed E-state index contributed by atoms with van der Waals surface area (Å²) in [6.45, 7) is 3.21. The van der Waals surface area contributed by atoms with Gasteiger partial charge in [0.05, 0.1) is 26.7 Å². The molecule has 2 unspecified atom stereocenters. The van der Waals surface area contributed by atoms with Gasteiger partial charge in [-0.05, 0) is 77.6 Å². The van der Waals surface area contributed by atoms with E-state index in [9.17, 15) is 9.59 Å². The highest BCUT2D eigenvalue weighted by atomic mass is 16.5. The second kappa shape index (κ2) is 12.7. The molecule has 0 N–H and O–H groups in total. The normalized spacial score (nSPS) is 14.0. The van der Waals surface area contributed by atoms with Gasteiger partial charge in [0, 0.05) is 24.6 Å². The molecule has 5 rings (SSSR count). The molecule has 2 atom stereocenters. The molecule has 210 valence electrons. The molecule has 1 heterocycles. The van der Waals surface area contributed by atoms with Gasteiger partial charge in [0.15, 0.2) is 0 Å². The van der Waals surface area contributed by atoms with Gasteiger partial charge in [-0.15, -0.1) is 0 Å². The Kier molecular flexibility index (Phi) is 8.68. The van der Waals surface area contributed by atoms with Crippen molar-refractivity contribution >= 4 is 11.9 Å². The van der Waals surface area contributed by atoms with E-state index >= 15 is 0 Å². The summed E-state index contributed by atoms with van der Waals surface area (Å²) < 4.78 is 16.3. The quantitative estimate of drug-likeness (QED) is 0.227. The molecule has 4 aromatic carbocycles. The van der Waals surface area contributed by atoms with E-state index in [1.54, 1.807) is 26.4 Å². The molecule has 0 saturated carbocycles. The van der Waals surface area contributed by atoms with Crippen LogP contribution in [0.1, 0.15) is 56.9 Å². The number of carbonyl (C=O) groups is 2. The monoisotopic (exact) mass is 549 g/mol. The molecule has 0 bridgehead atoms. The minimum Gasteiger partial charge on any atom is -0.497 e. The summed E-state index contributed by atoms with van der Waals surface area (Å²) in [7, 11) is 3.25. The highest BCUT2D eigenvalue weighted by Gasteiger charge is 2.36. The smallest absolute Gasteiger partial charge is 0.314 e. The molecule has 41 heavy (non-hydrogen) atoms. The Morgan fingerprint density at radius 3 is 2.07 bits per heavy atom. The van der Waals surface area contributed by atoms with Crippen molar-refractivity contribution in [3.63, 3.8) is 0 Å². The maximum Gasteiger partial charge on any atom is 0.314 e. The number of methoxy groups -OCH3 is 2. The molecule has 0 aromatic heterocycles. The Labute approximate surface area is 241 Å². The predicted octanol–water partition coefficient (Wildman–Crippen LogP) is 6.38. The zero-order valence-corrected chi connectivity index (χ0v) is 23.7. The fourth-order valence-corrected chi connectivity index (χ4v) is 5.74. The SMILES string of the molecule is CCOC(=O)C(c1ccccc1)C(c1ccc(OC)cc1)c1cccc2c1CCN(C(=O)c1ccc(OC)cc1)C2. The van der Waals surface area contributed by atoms with E-state index in [1.807, 2.05) is 84.6 Å².